The van der Waals surface area contributed by atoms with Crippen LogP contribution in [0.3, 0.4) is 0 Å². The largest absolute Gasteiger partial charge is 0.396 e. The maximum atomic E-state index is 10.3. The highest BCUT2D eigenvalue weighted by Gasteiger charge is 2.55. The highest BCUT2D eigenvalue weighted by atomic mass is 16.3. The van der Waals surface area contributed by atoms with Crippen molar-refractivity contribution in [1.29, 1.82) is 0 Å². The molecule has 14 heavy (non-hydrogen) atoms. The van der Waals surface area contributed by atoms with Crippen LogP contribution in [0.4, 0.5) is 0 Å². The third-order valence-electron chi connectivity index (χ3n) is 5.01. The zero-order valence-electron chi connectivity index (χ0n) is 8.65. The van der Waals surface area contributed by atoms with Gasteiger partial charge in [0, 0.05) is 6.61 Å². The Morgan fingerprint density at radius 2 is 1.71 bits per heavy atom. The Morgan fingerprint density at radius 3 is 2.29 bits per heavy atom. The molecule has 80 valence electrons. The molecule has 4 rings (SSSR count). The number of hydrogen-bond donors (Lipinski definition) is 2. The van der Waals surface area contributed by atoms with Crippen molar-refractivity contribution in [3.05, 3.63) is 0 Å². The Hall–Kier alpha value is -0.0800. The van der Waals surface area contributed by atoms with Crippen LogP contribution >= 0.6 is 0 Å². The molecule has 4 aliphatic carbocycles. The van der Waals surface area contributed by atoms with E-state index < -0.39 is 0 Å². The molecule has 0 amide bonds. The standard InChI is InChI=1S/C12H20O2/c13-2-1-12-6-8-3-9(7-12)5-10(4-8)11(12)14/h8-11,13-14H,1-7H2/t8-,9-,10?,11-,12?/m1/s1. The summed E-state index contributed by atoms with van der Waals surface area (Å²) in [4.78, 5) is 0. The molecule has 2 heteroatoms. The summed E-state index contributed by atoms with van der Waals surface area (Å²) in [6, 6.07) is 0. The van der Waals surface area contributed by atoms with E-state index in [1.807, 2.05) is 0 Å². The van der Waals surface area contributed by atoms with E-state index in [1.54, 1.807) is 0 Å². The van der Waals surface area contributed by atoms with Crippen LogP contribution in [-0.4, -0.2) is 22.9 Å². The zero-order chi connectivity index (χ0) is 9.76. The van der Waals surface area contributed by atoms with E-state index >= 15 is 0 Å². The molecule has 4 saturated carbocycles. The topological polar surface area (TPSA) is 40.5 Å². The Labute approximate surface area is 85.3 Å². The molecule has 0 aromatic carbocycles. The minimum atomic E-state index is -0.109. The first-order valence-corrected chi connectivity index (χ1v) is 6.02. The van der Waals surface area contributed by atoms with Crippen LogP contribution in [-0.2, 0) is 0 Å². The van der Waals surface area contributed by atoms with E-state index in [1.165, 1.54) is 32.1 Å². The van der Waals surface area contributed by atoms with Gasteiger partial charge < -0.3 is 10.2 Å². The lowest BCUT2D eigenvalue weighted by molar-refractivity contribution is -0.161. The van der Waals surface area contributed by atoms with E-state index in [-0.39, 0.29) is 18.1 Å². The van der Waals surface area contributed by atoms with Gasteiger partial charge >= 0.3 is 0 Å². The Balaban J connectivity index is 1.89. The van der Waals surface area contributed by atoms with Crippen molar-refractivity contribution in [2.24, 2.45) is 23.2 Å². The van der Waals surface area contributed by atoms with Gasteiger partial charge in [0.2, 0.25) is 0 Å². The second-order valence-electron chi connectivity index (χ2n) is 5.89. The molecule has 3 atom stereocenters. The number of aliphatic hydroxyl groups is 2. The van der Waals surface area contributed by atoms with Gasteiger partial charge in [-0.25, -0.2) is 0 Å². The fourth-order valence-corrected chi connectivity index (χ4v) is 4.76. The predicted molar refractivity (Wildman–Crippen MR) is 53.7 cm³/mol. The van der Waals surface area contributed by atoms with E-state index in [2.05, 4.69) is 0 Å². The lowest BCUT2D eigenvalue weighted by atomic mass is 9.47. The molecule has 2 N–H and O–H groups in total. The first kappa shape index (κ1) is 9.17. The lowest BCUT2D eigenvalue weighted by Gasteiger charge is -2.59. The van der Waals surface area contributed by atoms with Crippen molar-refractivity contribution in [2.45, 2.75) is 44.6 Å². The lowest BCUT2D eigenvalue weighted by Crippen LogP contribution is -2.56. The Kier molecular flexibility index (Phi) is 1.94. The summed E-state index contributed by atoms with van der Waals surface area (Å²) in [5, 5.41) is 19.4. The van der Waals surface area contributed by atoms with Crippen LogP contribution in [0.2, 0.25) is 0 Å². The monoisotopic (exact) mass is 196 g/mol. The summed E-state index contributed by atoms with van der Waals surface area (Å²) >= 11 is 0. The maximum Gasteiger partial charge on any atom is 0.0625 e. The maximum absolute atomic E-state index is 10.3. The number of aliphatic hydroxyl groups excluding tert-OH is 2. The van der Waals surface area contributed by atoms with Gasteiger partial charge in [0.05, 0.1) is 6.10 Å². The van der Waals surface area contributed by atoms with Crippen LogP contribution in [0.15, 0.2) is 0 Å². The molecule has 0 aromatic rings. The molecule has 0 aliphatic heterocycles. The number of rotatable bonds is 2. The fraction of sp³-hybridized carbons (Fsp3) is 1.00. The normalized spacial score (nSPS) is 55.3. The molecule has 0 unspecified atom stereocenters. The van der Waals surface area contributed by atoms with Crippen molar-refractivity contribution in [3.8, 4) is 0 Å². The SMILES string of the molecule is OCCC12C[C@H]3CC(C[C@@H](C3)C1)[C@H]2O. The molecule has 2 nitrogen and oxygen atoms in total. The van der Waals surface area contributed by atoms with Crippen molar-refractivity contribution in [1.82, 2.24) is 0 Å². The minimum absolute atomic E-state index is 0.109. The van der Waals surface area contributed by atoms with Crippen molar-refractivity contribution in [2.75, 3.05) is 6.61 Å². The molecule has 4 aliphatic rings. The van der Waals surface area contributed by atoms with Gasteiger partial charge in [-0.2, -0.15) is 0 Å². The molecule has 0 saturated heterocycles. The van der Waals surface area contributed by atoms with Crippen molar-refractivity contribution < 1.29 is 10.2 Å². The molecule has 0 radical (unpaired) electrons. The Morgan fingerprint density at radius 1 is 1.07 bits per heavy atom. The van der Waals surface area contributed by atoms with Crippen LogP contribution < -0.4 is 0 Å². The van der Waals surface area contributed by atoms with Crippen molar-refractivity contribution >= 4 is 0 Å². The van der Waals surface area contributed by atoms with Gasteiger partial charge in [-0.1, -0.05) is 0 Å². The second-order valence-corrected chi connectivity index (χ2v) is 5.89. The molecular weight excluding hydrogens is 176 g/mol. The summed E-state index contributed by atoms with van der Waals surface area (Å²) < 4.78 is 0. The zero-order valence-corrected chi connectivity index (χ0v) is 8.65. The van der Waals surface area contributed by atoms with E-state index in [0.29, 0.717) is 5.92 Å². The van der Waals surface area contributed by atoms with Gasteiger partial charge in [-0.15, -0.1) is 0 Å². The molecule has 0 spiro atoms. The van der Waals surface area contributed by atoms with Gasteiger partial charge in [-0.3, -0.25) is 0 Å². The molecular formula is C12H20O2. The summed E-state index contributed by atoms with van der Waals surface area (Å²) in [7, 11) is 0. The first-order valence-electron chi connectivity index (χ1n) is 6.02. The Bertz CT molecular complexity index is 224. The summed E-state index contributed by atoms with van der Waals surface area (Å²) in [6.07, 6.45) is 7.00. The summed E-state index contributed by atoms with van der Waals surface area (Å²) in [5.41, 5.74) is 0.115. The predicted octanol–water partition coefficient (Wildman–Crippen LogP) is 1.56. The van der Waals surface area contributed by atoms with E-state index in [9.17, 15) is 5.11 Å². The van der Waals surface area contributed by atoms with Gasteiger partial charge in [0.25, 0.3) is 0 Å². The molecule has 4 bridgehead atoms. The second kappa shape index (κ2) is 2.96. The quantitative estimate of drug-likeness (QED) is 0.703. The minimum Gasteiger partial charge on any atom is -0.396 e. The first-order chi connectivity index (χ1) is 6.73. The van der Waals surface area contributed by atoms with Gasteiger partial charge in [0.15, 0.2) is 0 Å². The van der Waals surface area contributed by atoms with Crippen LogP contribution in [0.1, 0.15) is 38.5 Å². The smallest absolute Gasteiger partial charge is 0.0625 e. The number of hydrogen-bond acceptors (Lipinski definition) is 2. The van der Waals surface area contributed by atoms with Crippen molar-refractivity contribution in [3.63, 3.8) is 0 Å². The third kappa shape index (κ3) is 1.10. The van der Waals surface area contributed by atoms with Crippen LogP contribution in [0, 0.1) is 23.2 Å². The van der Waals surface area contributed by atoms with Gasteiger partial charge in [0.1, 0.15) is 0 Å². The highest BCUT2D eigenvalue weighted by molar-refractivity contribution is 5.06. The van der Waals surface area contributed by atoms with E-state index in [0.717, 1.165) is 18.3 Å². The summed E-state index contributed by atoms with van der Waals surface area (Å²) in [5.74, 6) is 2.29. The average molecular weight is 196 g/mol. The van der Waals surface area contributed by atoms with Crippen LogP contribution in [0.5, 0.6) is 0 Å². The fourth-order valence-electron chi connectivity index (χ4n) is 4.76. The van der Waals surface area contributed by atoms with Gasteiger partial charge in [-0.05, 0) is 61.7 Å². The molecule has 4 fully saturated rings. The average Bonchev–Trinajstić information content (AvgIpc) is 2.13. The third-order valence-corrected chi connectivity index (χ3v) is 5.01. The summed E-state index contributed by atoms with van der Waals surface area (Å²) in [6.45, 7) is 0.253. The van der Waals surface area contributed by atoms with E-state index in [4.69, 9.17) is 5.11 Å². The molecule has 0 aromatic heterocycles. The highest BCUT2D eigenvalue weighted by Crippen LogP contribution is 2.61. The molecule has 0 heterocycles. The van der Waals surface area contributed by atoms with Crippen LogP contribution in [0.25, 0.3) is 0 Å².